The fourth-order valence-corrected chi connectivity index (χ4v) is 1.27. The normalized spacial score (nSPS) is 10.8. The highest BCUT2D eigenvalue weighted by molar-refractivity contribution is 7.19. The minimum absolute atomic E-state index is 0.375. The second kappa shape index (κ2) is 4.57. The lowest BCUT2D eigenvalue weighted by Crippen LogP contribution is -2.19. The number of ether oxygens (including phenoxy) is 1. The number of hydrogen-bond acceptors (Lipinski definition) is 2. The topological polar surface area (TPSA) is 26.3 Å². The maximum Gasteiger partial charge on any atom is 0.330 e. The van der Waals surface area contributed by atoms with Gasteiger partial charge in [-0.3, -0.25) is 0 Å². The molecule has 2 nitrogen and oxygen atoms in total. The molecule has 4 heteroatoms. The van der Waals surface area contributed by atoms with E-state index in [2.05, 4.69) is 6.58 Å². The quantitative estimate of drug-likeness (QED) is 0.295. The Morgan fingerprint density at radius 1 is 1.73 bits per heavy atom. The lowest BCUT2D eigenvalue weighted by molar-refractivity contribution is -0.137. The number of esters is 1. The molecule has 0 fully saturated rings. The molecule has 0 unspecified atom stereocenters. The third kappa shape index (κ3) is 7.62. The van der Waals surface area contributed by atoms with Crippen molar-refractivity contribution < 1.29 is 9.53 Å². The van der Waals surface area contributed by atoms with E-state index in [1.807, 2.05) is 13.1 Å². The SMILES string of the molecule is C=CC(=O)OCC[Si](C)(C)Cl. The first-order valence-corrected chi connectivity index (χ1v) is 7.66. The van der Waals surface area contributed by atoms with Crippen LogP contribution in [0.15, 0.2) is 12.7 Å². The van der Waals surface area contributed by atoms with Crippen LogP contribution in [0.2, 0.25) is 19.1 Å². The first kappa shape index (κ1) is 10.7. The van der Waals surface area contributed by atoms with Crippen LogP contribution in [0.3, 0.4) is 0 Å². The van der Waals surface area contributed by atoms with Gasteiger partial charge >= 0.3 is 5.97 Å². The number of carbonyl (C=O) groups is 1. The molecule has 0 heterocycles. The lowest BCUT2D eigenvalue weighted by atomic mass is 10.6. The number of hydrogen-bond donors (Lipinski definition) is 0. The van der Waals surface area contributed by atoms with Gasteiger partial charge in [0.25, 0.3) is 0 Å². The average molecular weight is 193 g/mol. The average Bonchev–Trinajstić information content (AvgIpc) is 1.85. The molecule has 0 bridgehead atoms. The zero-order chi connectivity index (χ0) is 8.91. The zero-order valence-electron chi connectivity index (χ0n) is 6.89. The molecule has 64 valence electrons. The van der Waals surface area contributed by atoms with Crippen LogP contribution in [0, 0.1) is 0 Å². The number of carbonyl (C=O) groups excluding carboxylic acids is 1. The molecule has 0 atom stereocenters. The van der Waals surface area contributed by atoms with E-state index in [4.69, 9.17) is 15.8 Å². The van der Waals surface area contributed by atoms with E-state index >= 15 is 0 Å². The number of halogens is 1. The van der Waals surface area contributed by atoms with Crippen LogP contribution in [-0.2, 0) is 9.53 Å². The third-order valence-corrected chi connectivity index (χ3v) is 3.07. The summed E-state index contributed by atoms with van der Waals surface area (Å²) in [4.78, 5) is 10.5. The van der Waals surface area contributed by atoms with E-state index in [1.165, 1.54) is 0 Å². The van der Waals surface area contributed by atoms with E-state index in [9.17, 15) is 4.79 Å². The Labute approximate surface area is 72.9 Å². The van der Waals surface area contributed by atoms with Crippen LogP contribution in [0.25, 0.3) is 0 Å². The highest BCUT2D eigenvalue weighted by Gasteiger charge is 2.16. The predicted molar refractivity (Wildman–Crippen MR) is 49.3 cm³/mol. The summed E-state index contributed by atoms with van der Waals surface area (Å²) in [5.74, 6) is -0.375. The number of rotatable bonds is 4. The summed E-state index contributed by atoms with van der Waals surface area (Å²) in [7, 11) is -1.58. The third-order valence-electron chi connectivity index (χ3n) is 1.11. The Morgan fingerprint density at radius 3 is 2.64 bits per heavy atom. The fraction of sp³-hybridized carbons (Fsp3) is 0.571. The van der Waals surface area contributed by atoms with Gasteiger partial charge in [-0.25, -0.2) is 4.79 Å². The largest absolute Gasteiger partial charge is 0.463 e. The van der Waals surface area contributed by atoms with E-state index < -0.39 is 7.38 Å². The summed E-state index contributed by atoms with van der Waals surface area (Å²) < 4.78 is 4.76. The van der Waals surface area contributed by atoms with E-state index in [0.29, 0.717) is 6.61 Å². The van der Waals surface area contributed by atoms with Crippen molar-refractivity contribution in [1.82, 2.24) is 0 Å². The van der Waals surface area contributed by atoms with Crippen molar-refractivity contribution in [3.05, 3.63) is 12.7 Å². The Kier molecular flexibility index (Phi) is 4.45. The molecular formula is C7H13ClO2Si. The maximum atomic E-state index is 10.5. The van der Waals surface area contributed by atoms with Gasteiger partial charge in [-0.15, -0.1) is 0 Å². The van der Waals surface area contributed by atoms with Gasteiger partial charge in [-0.2, -0.15) is 11.1 Å². The smallest absolute Gasteiger partial charge is 0.330 e. The van der Waals surface area contributed by atoms with Gasteiger partial charge in [-0.05, 0) is 6.04 Å². The standard InChI is InChI=1S/C7H13ClO2Si/c1-4-7(9)10-5-6-11(2,3)8/h4H,1,5-6H2,2-3H3. The van der Waals surface area contributed by atoms with E-state index in [0.717, 1.165) is 12.1 Å². The second-order valence-corrected chi connectivity index (χ2v) is 9.85. The Hall–Kier alpha value is -0.283. The molecule has 0 spiro atoms. The second-order valence-electron chi connectivity index (χ2n) is 2.84. The lowest BCUT2D eigenvalue weighted by Gasteiger charge is -2.11. The summed E-state index contributed by atoms with van der Waals surface area (Å²) in [6.07, 6.45) is 1.16. The minimum atomic E-state index is -1.58. The molecular weight excluding hydrogens is 180 g/mol. The summed E-state index contributed by atoms with van der Waals surface area (Å²) in [6, 6.07) is 0.786. The molecule has 0 saturated carbocycles. The molecule has 0 saturated heterocycles. The van der Waals surface area contributed by atoms with Gasteiger partial charge in [0.1, 0.15) is 0 Å². The summed E-state index contributed by atoms with van der Waals surface area (Å²) in [5.41, 5.74) is 0. The van der Waals surface area contributed by atoms with Crippen LogP contribution in [0.4, 0.5) is 0 Å². The Balaban J connectivity index is 3.42. The highest BCUT2D eigenvalue weighted by atomic mass is 35.6. The molecule has 0 N–H and O–H groups in total. The molecule has 0 aromatic heterocycles. The molecule has 0 aromatic rings. The van der Waals surface area contributed by atoms with E-state index in [-0.39, 0.29) is 5.97 Å². The molecule has 0 aliphatic carbocycles. The molecule has 11 heavy (non-hydrogen) atoms. The highest BCUT2D eigenvalue weighted by Crippen LogP contribution is 2.13. The Bertz CT molecular complexity index is 151. The van der Waals surface area contributed by atoms with Crippen molar-refractivity contribution in [2.45, 2.75) is 19.1 Å². The molecule has 0 radical (unpaired) electrons. The molecule has 0 aliphatic heterocycles. The van der Waals surface area contributed by atoms with Crippen molar-refractivity contribution in [2.75, 3.05) is 6.61 Å². The van der Waals surface area contributed by atoms with E-state index in [1.54, 1.807) is 0 Å². The van der Waals surface area contributed by atoms with Crippen LogP contribution >= 0.6 is 11.1 Å². The first-order chi connectivity index (χ1) is 4.95. The van der Waals surface area contributed by atoms with Gasteiger partial charge in [0.05, 0.1) is 6.61 Å². The predicted octanol–water partition coefficient (Wildman–Crippen LogP) is 2.16. The van der Waals surface area contributed by atoms with Crippen LogP contribution in [0.1, 0.15) is 0 Å². The van der Waals surface area contributed by atoms with Crippen LogP contribution in [0.5, 0.6) is 0 Å². The molecule has 0 aromatic carbocycles. The van der Waals surface area contributed by atoms with Gasteiger partial charge in [0, 0.05) is 6.08 Å². The molecule has 0 rings (SSSR count). The van der Waals surface area contributed by atoms with Crippen molar-refractivity contribution >= 4 is 24.4 Å². The van der Waals surface area contributed by atoms with Crippen molar-refractivity contribution in [3.8, 4) is 0 Å². The summed E-state index contributed by atoms with van der Waals surface area (Å²) in [5, 5.41) is 0. The van der Waals surface area contributed by atoms with Gasteiger partial charge in [0.2, 0.25) is 0 Å². The zero-order valence-corrected chi connectivity index (χ0v) is 8.65. The monoisotopic (exact) mass is 192 g/mol. The van der Waals surface area contributed by atoms with Crippen molar-refractivity contribution in [1.29, 1.82) is 0 Å². The summed E-state index contributed by atoms with van der Waals surface area (Å²) in [6.45, 7) is 7.71. The summed E-state index contributed by atoms with van der Waals surface area (Å²) >= 11 is 5.98. The molecule has 0 amide bonds. The molecule has 0 aliphatic rings. The van der Waals surface area contributed by atoms with Crippen LogP contribution < -0.4 is 0 Å². The Morgan fingerprint density at radius 2 is 2.27 bits per heavy atom. The van der Waals surface area contributed by atoms with Gasteiger partial charge in [0.15, 0.2) is 7.38 Å². The van der Waals surface area contributed by atoms with Crippen molar-refractivity contribution in [3.63, 3.8) is 0 Å². The van der Waals surface area contributed by atoms with Gasteiger partial charge < -0.3 is 4.74 Å². The van der Waals surface area contributed by atoms with Crippen molar-refractivity contribution in [2.24, 2.45) is 0 Å². The fourth-order valence-electron chi connectivity index (χ4n) is 0.453. The first-order valence-electron chi connectivity index (χ1n) is 3.44. The maximum absolute atomic E-state index is 10.5. The van der Waals surface area contributed by atoms with Crippen LogP contribution in [-0.4, -0.2) is 20.0 Å². The minimum Gasteiger partial charge on any atom is -0.463 e. The van der Waals surface area contributed by atoms with Gasteiger partial charge in [-0.1, -0.05) is 19.7 Å².